The van der Waals surface area contributed by atoms with Crippen LogP contribution in [0.1, 0.15) is 39.3 Å². The van der Waals surface area contributed by atoms with Crippen LogP contribution in [-0.4, -0.2) is 17.0 Å². The molecule has 0 heterocycles. The number of rotatable bonds is 6. The first-order valence-electron chi connectivity index (χ1n) is 8.58. The Balaban J connectivity index is 2.28. The number of hydrogen-bond donors (Lipinski definition) is 1. The van der Waals surface area contributed by atoms with Crippen LogP contribution in [0.4, 0.5) is 5.69 Å². The molecule has 0 radical (unpaired) electrons. The molecule has 0 bridgehead atoms. The number of benzene rings is 2. The molecule has 0 saturated heterocycles. The minimum Gasteiger partial charge on any atom is -0.497 e. The fourth-order valence-electron chi connectivity index (χ4n) is 2.56. The molecule has 0 aliphatic heterocycles. The van der Waals surface area contributed by atoms with Crippen molar-refractivity contribution in [3.8, 4) is 5.75 Å². The lowest BCUT2D eigenvalue weighted by molar-refractivity contribution is -0.114. The molecule has 0 unspecified atom stereocenters. The van der Waals surface area contributed by atoms with Gasteiger partial charge in [-0.1, -0.05) is 63.2 Å². The van der Waals surface area contributed by atoms with Gasteiger partial charge < -0.3 is 10.1 Å². The maximum Gasteiger partial charge on any atom is 0.194 e. The normalized spacial score (nSPS) is 13.8. The molecule has 140 valence electrons. The molecule has 0 spiro atoms. The Morgan fingerprint density at radius 2 is 1.65 bits per heavy atom. The Kier molecular flexibility index (Phi) is 7.01. The van der Waals surface area contributed by atoms with E-state index in [1.807, 2.05) is 55.5 Å². The van der Waals surface area contributed by atoms with Crippen molar-refractivity contribution in [3.05, 3.63) is 59.1 Å². The molecule has 2 rings (SSSR count). The van der Waals surface area contributed by atoms with E-state index >= 15 is 0 Å². The summed E-state index contributed by atoms with van der Waals surface area (Å²) in [5, 5.41) is 4.35. The van der Waals surface area contributed by atoms with Crippen molar-refractivity contribution in [2.24, 2.45) is 5.92 Å². The van der Waals surface area contributed by atoms with Crippen molar-refractivity contribution in [1.29, 1.82) is 0 Å². The van der Waals surface area contributed by atoms with Crippen LogP contribution < -0.4 is 10.1 Å². The molecule has 3 nitrogen and oxygen atoms in total. The molecule has 0 aliphatic carbocycles. The van der Waals surface area contributed by atoms with Crippen molar-refractivity contribution < 1.29 is 9.53 Å². The molecule has 0 amide bonds. The Labute approximate surface area is 165 Å². The van der Waals surface area contributed by atoms with Gasteiger partial charge in [-0.25, -0.2) is 0 Å². The summed E-state index contributed by atoms with van der Waals surface area (Å²) in [4.78, 5) is 12.8. The van der Waals surface area contributed by atoms with E-state index in [1.54, 1.807) is 7.11 Å². The van der Waals surface area contributed by atoms with Crippen molar-refractivity contribution in [2.75, 3.05) is 12.4 Å². The predicted molar refractivity (Wildman–Crippen MR) is 112 cm³/mol. The smallest absolute Gasteiger partial charge is 0.194 e. The Morgan fingerprint density at radius 3 is 2.15 bits per heavy atom. The summed E-state index contributed by atoms with van der Waals surface area (Å²) in [7, 11) is 1.64. The Morgan fingerprint density at radius 1 is 1.08 bits per heavy atom. The minimum absolute atomic E-state index is 0.115. The van der Waals surface area contributed by atoms with E-state index in [2.05, 4.69) is 26.1 Å². The molecule has 2 atom stereocenters. The number of anilines is 1. The SMILES string of the molecule is COc1ccc(N[C@H](c2ccc(Cl)cc2)[C@@H](C)C(=O)SC(C)(C)C)cc1. The van der Waals surface area contributed by atoms with E-state index in [4.69, 9.17) is 16.3 Å². The molecule has 26 heavy (non-hydrogen) atoms. The Bertz CT molecular complexity index is 723. The molecule has 5 heteroatoms. The van der Waals surface area contributed by atoms with Crippen LogP contribution in [0.2, 0.25) is 5.02 Å². The first-order chi connectivity index (χ1) is 12.2. The van der Waals surface area contributed by atoms with Gasteiger partial charge in [0.05, 0.1) is 13.2 Å². The lowest BCUT2D eigenvalue weighted by atomic mass is 9.95. The van der Waals surface area contributed by atoms with Crippen LogP contribution in [0.3, 0.4) is 0 Å². The second-order valence-electron chi connectivity index (χ2n) is 7.22. The van der Waals surface area contributed by atoms with E-state index in [0.29, 0.717) is 5.02 Å². The maximum absolute atomic E-state index is 12.8. The maximum atomic E-state index is 12.8. The summed E-state index contributed by atoms with van der Waals surface area (Å²) in [6, 6.07) is 15.2. The molecule has 1 N–H and O–H groups in total. The van der Waals surface area contributed by atoms with Gasteiger partial charge in [0, 0.05) is 21.4 Å². The first kappa shape index (κ1) is 20.7. The van der Waals surface area contributed by atoms with Crippen molar-refractivity contribution in [1.82, 2.24) is 0 Å². The highest BCUT2D eigenvalue weighted by molar-refractivity contribution is 8.14. The lowest BCUT2D eigenvalue weighted by Gasteiger charge is -2.28. The number of hydrogen-bond acceptors (Lipinski definition) is 4. The topological polar surface area (TPSA) is 38.3 Å². The van der Waals surface area contributed by atoms with Gasteiger partial charge in [-0.05, 0) is 42.0 Å². The molecule has 0 fully saturated rings. The second-order valence-corrected chi connectivity index (χ2v) is 9.49. The number of carbonyl (C=O) groups is 1. The van der Waals surface area contributed by atoms with Gasteiger partial charge in [0.15, 0.2) is 5.12 Å². The third kappa shape index (κ3) is 5.96. The highest BCUT2D eigenvalue weighted by Gasteiger charge is 2.29. The summed E-state index contributed by atoms with van der Waals surface area (Å²) < 4.78 is 5.10. The number of ether oxygens (including phenoxy) is 1. The van der Waals surface area contributed by atoms with Crippen LogP contribution in [0.5, 0.6) is 5.75 Å². The summed E-state index contributed by atoms with van der Waals surface area (Å²) >= 11 is 7.42. The summed E-state index contributed by atoms with van der Waals surface area (Å²) in [5.74, 6) is 0.591. The summed E-state index contributed by atoms with van der Waals surface area (Å²) in [5.41, 5.74) is 1.96. The Hall–Kier alpha value is -1.65. The number of carbonyl (C=O) groups excluding carboxylic acids is 1. The number of thioether (sulfide) groups is 1. The molecule has 2 aromatic rings. The molecule has 2 aromatic carbocycles. The van der Waals surface area contributed by atoms with Gasteiger partial charge in [0.25, 0.3) is 0 Å². The number of methoxy groups -OCH3 is 1. The zero-order chi connectivity index (χ0) is 19.3. The van der Waals surface area contributed by atoms with E-state index in [9.17, 15) is 4.79 Å². The van der Waals surface area contributed by atoms with Crippen LogP contribution in [-0.2, 0) is 4.79 Å². The minimum atomic E-state index is -0.206. The first-order valence-corrected chi connectivity index (χ1v) is 9.78. The van der Waals surface area contributed by atoms with Crippen molar-refractivity contribution in [3.63, 3.8) is 0 Å². The number of nitrogens with one attached hydrogen (secondary N) is 1. The second kappa shape index (κ2) is 8.83. The fourth-order valence-corrected chi connectivity index (χ4v) is 3.62. The zero-order valence-corrected chi connectivity index (χ0v) is 17.4. The predicted octanol–water partition coefficient (Wildman–Crippen LogP) is 6.20. The van der Waals surface area contributed by atoms with Gasteiger partial charge in [-0.3, -0.25) is 4.79 Å². The van der Waals surface area contributed by atoms with Crippen LogP contribution in [0.15, 0.2) is 48.5 Å². The van der Waals surface area contributed by atoms with Gasteiger partial charge in [-0.2, -0.15) is 0 Å². The van der Waals surface area contributed by atoms with Gasteiger partial charge in [0.1, 0.15) is 5.75 Å². The molecule has 0 saturated carbocycles. The van der Waals surface area contributed by atoms with E-state index in [-0.39, 0.29) is 21.8 Å². The van der Waals surface area contributed by atoms with Crippen LogP contribution in [0.25, 0.3) is 0 Å². The standard InChI is InChI=1S/C21H26ClNO2S/c1-14(20(24)26-21(2,3)4)19(15-6-8-16(22)9-7-15)23-17-10-12-18(25-5)13-11-17/h6-14,19,23H,1-5H3/t14-,19+/m1/s1. The monoisotopic (exact) mass is 391 g/mol. The fraction of sp³-hybridized carbons (Fsp3) is 0.381. The third-order valence-electron chi connectivity index (χ3n) is 3.92. The summed E-state index contributed by atoms with van der Waals surface area (Å²) in [6.07, 6.45) is 0. The van der Waals surface area contributed by atoms with Crippen LogP contribution >= 0.6 is 23.4 Å². The lowest BCUT2D eigenvalue weighted by Crippen LogP contribution is -2.26. The average molecular weight is 392 g/mol. The van der Waals surface area contributed by atoms with E-state index in [0.717, 1.165) is 17.0 Å². The third-order valence-corrected chi connectivity index (χ3v) is 5.36. The molecular formula is C21H26ClNO2S. The van der Waals surface area contributed by atoms with Crippen molar-refractivity contribution >= 4 is 34.2 Å². The van der Waals surface area contributed by atoms with Gasteiger partial charge in [0.2, 0.25) is 0 Å². The highest BCUT2D eigenvalue weighted by atomic mass is 35.5. The molecule has 0 aromatic heterocycles. The zero-order valence-electron chi connectivity index (χ0n) is 15.9. The average Bonchev–Trinajstić information content (AvgIpc) is 2.59. The van der Waals surface area contributed by atoms with Gasteiger partial charge in [-0.15, -0.1) is 0 Å². The van der Waals surface area contributed by atoms with E-state index < -0.39 is 0 Å². The largest absolute Gasteiger partial charge is 0.497 e. The number of halogens is 1. The molecular weight excluding hydrogens is 366 g/mol. The van der Waals surface area contributed by atoms with E-state index in [1.165, 1.54) is 11.8 Å². The van der Waals surface area contributed by atoms with Gasteiger partial charge >= 0.3 is 0 Å². The highest BCUT2D eigenvalue weighted by Crippen LogP contribution is 2.35. The van der Waals surface area contributed by atoms with Crippen LogP contribution in [0, 0.1) is 5.92 Å². The quantitative estimate of drug-likeness (QED) is 0.636. The summed E-state index contributed by atoms with van der Waals surface area (Å²) in [6.45, 7) is 8.13. The van der Waals surface area contributed by atoms with Crippen molar-refractivity contribution in [2.45, 2.75) is 38.5 Å². The molecule has 0 aliphatic rings.